The molecule has 0 atom stereocenters. The topological polar surface area (TPSA) is 35.2 Å². The fourth-order valence-corrected chi connectivity index (χ4v) is 27.9. The lowest BCUT2D eigenvalue weighted by Crippen LogP contribution is -2.63. The number of benzene rings is 22. The second kappa shape index (κ2) is 36.3. The van der Waals surface area contributed by atoms with Gasteiger partial charge >= 0.3 is 6.92 Å². The quantitative estimate of drug-likeness (QED) is 0.0865. The molecule has 22 aromatic carbocycles. The minimum atomic E-state index is -0.328. The van der Waals surface area contributed by atoms with Gasteiger partial charge in [0.1, 0.15) is 5.75 Å². The Balaban J connectivity index is 0.000000140. The second-order valence-corrected chi connectivity index (χ2v) is 41.7. The van der Waals surface area contributed by atoms with Crippen LogP contribution in [-0.4, -0.2) is 26.3 Å². The van der Waals surface area contributed by atoms with E-state index in [1.54, 1.807) is 0 Å². The first-order chi connectivity index (χ1) is 73.5. The van der Waals surface area contributed by atoms with E-state index in [1.807, 2.05) is 35.1 Å². The highest BCUT2D eigenvalue weighted by Crippen LogP contribution is 2.56. The average Bonchev–Trinajstić information content (AvgIpc) is 0.689. The highest BCUT2D eigenvalue weighted by atomic mass is 32.2. The van der Waals surface area contributed by atoms with Gasteiger partial charge in [-0.2, -0.15) is 11.6 Å². The van der Waals surface area contributed by atoms with Crippen LogP contribution in [-0.2, 0) is 0 Å². The Morgan fingerprint density at radius 3 is 0.831 bits per heavy atom. The Morgan fingerprint density at radius 2 is 0.459 bits per heavy atom. The molecule has 0 saturated carbocycles. The van der Waals surface area contributed by atoms with Crippen molar-refractivity contribution in [3.05, 3.63) is 534 Å². The van der Waals surface area contributed by atoms with Crippen molar-refractivity contribution in [3.63, 3.8) is 0 Å². The molecule has 0 amide bonds. The molecule has 0 bridgehead atoms. The van der Waals surface area contributed by atoms with Crippen LogP contribution in [0, 0.1) is 0 Å². The predicted octanol–water partition coefficient (Wildman–Crippen LogP) is 29.4. The van der Waals surface area contributed by atoms with Crippen LogP contribution in [0.1, 0.15) is 0 Å². The van der Waals surface area contributed by atoms with E-state index in [-0.39, 0.29) is 26.3 Å². The van der Waals surface area contributed by atoms with Crippen LogP contribution >= 0.6 is 35.1 Å². The summed E-state index contributed by atoms with van der Waals surface area (Å²) >= 11 is 5.79. The van der Waals surface area contributed by atoms with Crippen molar-refractivity contribution in [1.82, 2.24) is 0 Å². The molecule has 9 nitrogen and oxygen atoms in total. The summed E-state index contributed by atoms with van der Waals surface area (Å²) in [6.45, 7) is -0.473. The van der Waals surface area contributed by atoms with Gasteiger partial charge in [-0.15, -0.1) is 0 Å². The van der Waals surface area contributed by atoms with Crippen LogP contribution in [0.5, 0.6) is 5.75 Å². The first-order valence-corrected chi connectivity index (χ1v) is 53.1. The van der Waals surface area contributed by atoms with Gasteiger partial charge in [0, 0.05) is 155 Å². The van der Waals surface area contributed by atoms with Gasteiger partial charge in [0.05, 0.1) is 11.4 Å². The number of nitrogens with zero attached hydrogens (tertiary/aromatic N) is 8. The first kappa shape index (κ1) is 87.0. The second-order valence-electron chi connectivity index (χ2n) is 38.4. The zero-order valence-electron chi connectivity index (χ0n) is 80.3. The van der Waals surface area contributed by atoms with Gasteiger partial charge in [-0.05, 0) is 302 Å². The molecule has 8 aliphatic rings. The first-order valence-electron chi connectivity index (χ1n) is 50.6. The SMILES string of the molecule is c1ccc(N(c2ccccc2)c2cc3c4c(c2)-c2ccccc2OB4c2cc4c(cc2S3)N(c2ccccc2)c2cc(N(c3ccccc3)c3ccccc3)cc3c2B4c2ccccc2N3c2ccccc2)cc1.c1ccc(N(c2ccccc2)c2cc3c4c(c2)-c2ccccc2SB4c2cc4c(cc2S3)N(c2ccccc2)c2cc(N(c3ccccc3)c3ccccc3)cc3c2B4c2ccccc2N3c2ccccc2)cc1. The summed E-state index contributed by atoms with van der Waals surface area (Å²) < 4.78 is 7.33. The fourth-order valence-electron chi connectivity index (χ4n) is 23.9. The maximum atomic E-state index is 7.33. The Labute approximate surface area is 875 Å². The molecule has 0 radical (unpaired) electrons. The summed E-state index contributed by atoms with van der Waals surface area (Å²) in [6, 6.07) is 195. The summed E-state index contributed by atoms with van der Waals surface area (Å²) in [6.07, 6.45) is 0. The van der Waals surface area contributed by atoms with Crippen molar-refractivity contribution < 1.29 is 4.65 Å². The predicted molar refractivity (Wildman–Crippen MR) is 628 cm³/mol. The lowest BCUT2D eigenvalue weighted by Gasteiger charge is -2.45. The molecule has 0 unspecified atom stereocenters. The number of hydrogen-bond donors (Lipinski definition) is 0. The molecule has 0 spiro atoms. The fraction of sp³-hybridized carbons (Fsp3) is 0. The van der Waals surface area contributed by atoms with Gasteiger partial charge in [-0.1, -0.05) is 327 Å². The maximum absolute atomic E-state index is 7.33. The van der Waals surface area contributed by atoms with Crippen LogP contribution in [0.2, 0.25) is 0 Å². The molecule has 0 aliphatic carbocycles. The molecule has 8 aliphatic heterocycles. The molecule has 0 fully saturated rings. The van der Waals surface area contributed by atoms with Crippen LogP contribution in [0.4, 0.5) is 136 Å². The van der Waals surface area contributed by atoms with E-state index in [4.69, 9.17) is 4.65 Å². The molecule has 0 N–H and O–H groups in total. The van der Waals surface area contributed by atoms with E-state index in [0.717, 1.165) is 119 Å². The van der Waals surface area contributed by atoms with Crippen molar-refractivity contribution in [2.45, 2.75) is 24.5 Å². The van der Waals surface area contributed by atoms with Gasteiger partial charge < -0.3 is 43.9 Å². The minimum absolute atomic E-state index is 0.0493. The van der Waals surface area contributed by atoms with Gasteiger partial charge in [0.25, 0.3) is 19.4 Å². The minimum Gasteiger partial charge on any atom is -0.551 e. The lowest BCUT2D eigenvalue weighted by atomic mass is 9.33. The average molecular weight is 1940 g/mol. The van der Waals surface area contributed by atoms with Gasteiger partial charge in [-0.25, -0.2) is 0 Å². The molecule has 148 heavy (non-hydrogen) atoms. The third-order valence-electron chi connectivity index (χ3n) is 30.0. The third-order valence-corrected chi connectivity index (χ3v) is 33.6. The zero-order valence-corrected chi connectivity index (χ0v) is 82.8. The molecule has 692 valence electrons. The Hall–Kier alpha value is -17.7. The summed E-state index contributed by atoms with van der Waals surface area (Å²) in [5.41, 5.74) is 44.8. The van der Waals surface area contributed by atoms with Crippen molar-refractivity contribution in [3.8, 4) is 28.0 Å². The highest BCUT2D eigenvalue weighted by molar-refractivity contribution is 8.28. The number of fused-ring (bicyclic) bond motifs is 16. The zero-order chi connectivity index (χ0) is 97.4. The van der Waals surface area contributed by atoms with E-state index < -0.39 is 0 Å². The number of hydrogen-bond acceptors (Lipinski definition) is 12. The van der Waals surface area contributed by atoms with Crippen molar-refractivity contribution in [2.75, 3.05) is 39.2 Å². The van der Waals surface area contributed by atoms with E-state index in [0.29, 0.717) is 0 Å². The molecule has 0 aromatic heterocycles. The Morgan fingerprint density at radius 1 is 0.176 bits per heavy atom. The van der Waals surface area contributed by atoms with Crippen molar-refractivity contribution in [1.29, 1.82) is 0 Å². The van der Waals surface area contributed by atoms with Crippen LogP contribution < -0.4 is 98.5 Å². The number of anilines is 24. The standard InChI is InChI=1S/C66H44B2N4OS.C66H44B2N4S2/c1-7-23-45(24-8-1)69(46-25-9-2-10-26-46)51-39-54-53-35-19-22-38-62(53)73-68-57-43-56-59(44-63(57)74-64(42-51)65(54)68)72(50-33-17-6-18-34-50)61-41-52(70(47-27-11-3-12-28-47)48-29-13-4-14-30-48)40-60-66(61)67(56)55-36-20-21-37-58(55)71(60)49-31-15-5-16-32-49;1-7-23-45(24-8-1)69(46-25-9-2-10-26-46)51-39-54-53-35-19-22-38-62(53)74-68-57-43-56-59(44-63(57)73-64(42-51)65(54)68)72(50-33-17-6-18-34-50)61-41-52(70(47-27-11-3-12-28-47)48-29-13-4-14-30-48)40-60-66(61)67(56)55-36-20-21-37-58(55)71(60)49-31-15-5-16-32-49/h2*1-44H. The third kappa shape index (κ3) is 14.5. The van der Waals surface area contributed by atoms with Gasteiger partial charge in [0.2, 0.25) is 0 Å². The molecule has 22 aromatic rings. The van der Waals surface area contributed by atoms with Crippen molar-refractivity contribution >= 4 is 253 Å². The molecular formula is C132H88B4N8OS3. The van der Waals surface area contributed by atoms with Crippen molar-refractivity contribution in [2.24, 2.45) is 0 Å². The molecule has 8 heterocycles. The highest BCUT2D eigenvalue weighted by Gasteiger charge is 2.51. The van der Waals surface area contributed by atoms with Crippen LogP contribution in [0.25, 0.3) is 22.3 Å². The van der Waals surface area contributed by atoms with E-state index >= 15 is 0 Å². The Kier molecular flexibility index (Phi) is 21.3. The monoisotopic (exact) mass is 1940 g/mol. The molecular weight excluding hydrogens is 1850 g/mol. The summed E-state index contributed by atoms with van der Waals surface area (Å²) in [5.74, 6) is 0.981. The summed E-state index contributed by atoms with van der Waals surface area (Å²) in [5, 5.41) is 0. The van der Waals surface area contributed by atoms with E-state index in [9.17, 15) is 0 Å². The molecule has 30 rings (SSSR count). The largest absolute Gasteiger partial charge is 0.551 e. The van der Waals surface area contributed by atoms with Gasteiger partial charge in [-0.3, -0.25) is 0 Å². The lowest BCUT2D eigenvalue weighted by molar-refractivity contribution is 0.588. The van der Waals surface area contributed by atoms with Crippen LogP contribution in [0.3, 0.4) is 0 Å². The van der Waals surface area contributed by atoms with Crippen LogP contribution in [0.15, 0.2) is 558 Å². The normalized spacial score (nSPS) is 13.1. The number of rotatable bonds is 16. The van der Waals surface area contributed by atoms with Gasteiger partial charge in [0.15, 0.2) is 0 Å². The maximum Gasteiger partial charge on any atom is 0.429 e. The molecule has 16 heteroatoms. The smallest absolute Gasteiger partial charge is 0.429 e. The van der Waals surface area contributed by atoms with E-state index in [1.165, 1.54) is 124 Å². The number of para-hydroxylation sites is 15. The van der Waals surface area contributed by atoms with E-state index in [2.05, 4.69) is 573 Å². The summed E-state index contributed by atoms with van der Waals surface area (Å²) in [4.78, 5) is 25.9. The summed E-state index contributed by atoms with van der Waals surface area (Å²) in [7, 11) is 0. The molecule has 0 saturated heterocycles. The Bertz CT molecular complexity index is 8250.